The van der Waals surface area contributed by atoms with E-state index in [0.717, 1.165) is 57.3 Å². The van der Waals surface area contributed by atoms with Gasteiger partial charge in [-0.1, -0.05) is 81.0 Å². The van der Waals surface area contributed by atoms with Gasteiger partial charge in [0, 0.05) is 50.1 Å². The van der Waals surface area contributed by atoms with E-state index in [4.69, 9.17) is 10.2 Å². The van der Waals surface area contributed by atoms with E-state index < -0.39 is 0 Å². The highest BCUT2D eigenvalue weighted by atomic mass is 16.2. The fourth-order valence-corrected chi connectivity index (χ4v) is 7.10. The van der Waals surface area contributed by atoms with Gasteiger partial charge in [0.2, 0.25) is 0 Å². The maximum atomic E-state index is 12.9. The van der Waals surface area contributed by atoms with Gasteiger partial charge >= 0.3 is 5.95 Å². The molecule has 0 N–H and O–H groups in total. The normalized spacial score (nSPS) is 14.2. The maximum absolute atomic E-state index is 12.9. The lowest BCUT2D eigenvalue weighted by Crippen LogP contribution is -2.37. The smallest absolute Gasteiger partial charge is 0.372 e. The molecule has 1 aromatic heterocycles. The van der Waals surface area contributed by atoms with E-state index >= 15 is 0 Å². The average molecular weight is 675 g/mol. The molecule has 0 fully saturated rings. The second-order valence-corrected chi connectivity index (χ2v) is 13.6. The third-order valence-electron chi connectivity index (χ3n) is 9.91. The molecule has 6 rings (SSSR count). The number of aryl methyl sites for hydroxylation is 2. The Morgan fingerprint density at radius 1 is 0.680 bits per heavy atom. The fourth-order valence-electron chi connectivity index (χ4n) is 7.10. The van der Waals surface area contributed by atoms with Crippen LogP contribution in [0, 0.1) is 0 Å². The number of imide groups is 1. The summed E-state index contributed by atoms with van der Waals surface area (Å²) in [5.74, 6) is 0.340. The van der Waals surface area contributed by atoms with Crippen molar-refractivity contribution >= 4 is 29.1 Å². The van der Waals surface area contributed by atoms with Gasteiger partial charge in [-0.15, -0.1) is 0 Å². The summed E-state index contributed by atoms with van der Waals surface area (Å²) in [7, 11) is 0. The summed E-state index contributed by atoms with van der Waals surface area (Å²) >= 11 is 0. The number of nitrogens with zero attached hydrogens (tertiary/aromatic N) is 7. The summed E-state index contributed by atoms with van der Waals surface area (Å²) in [6, 6.07) is 24.3. The minimum absolute atomic E-state index is 0.213. The molecule has 2 aliphatic heterocycles. The standard InChI is InChI=1S/C41H52N7O2/c1-3-5-11-24-45(25-12-6-4-2)36-21-19-35(20-22-36)42-43-41-46(26-13-23-44-31-33-15-7-8-16-34(33)32-44)29-30-47(41)27-14-28-48-39(49)37-17-9-10-18-38(37)40(48)50/h7-10,15-22,29-30H,3-6,11-14,23-28,31-32H2,1-2H3/q+1. The second-order valence-electron chi connectivity index (χ2n) is 13.6. The van der Waals surface area contributed by atoms with Crippen molar-refractivity contribution in [1.29, 1.82) is 0 Å². The minimum atomic E-state index is -0.213. The third kappa shape index (κ3) is 8.56. The Kier molecular flexibility index (Phi) is 12.2. The fraction of sp³-hybridized carbons (Fsp3) is 0.439. The van der Waals surface area contributed by atoms with Gasteiger partial charge in [-0.25, -0.2) is 9.13 Å². The Bertz CT molecular complexity index is 1690. The van der Waals surface area contributed by atoms with Gasteiger partial charge in [0.25, 0.3) is 11.8 Å². The van der Waals surface area contributed by atoms with Crippen molar-refractivity contribution < 1.29 is 14.2 Å². The summed E-state index contributed by atoms with van der Waals surface area (Å²) < 4.78 is 4.26. The first-order valence-electron chi connectivity index (χ1n) is 18.7. The summed E-state index contributed by atoms with van der Waals surface area (Å²) in [5.41, 5.74) is 5.89. The Morgan fingerprint density at radius 3 is 1.92 bits per heavy atom. The molecule has 3 heterocycles. The van der Waals surface area contributed by atoms with Gasteiger partial charge in [0.1, 0.15) is 5.69 Å². The number of fused-ring (bicyclic) bond motifs is 2. The van der Waals surface area contributed by atoms with E-state index in [2.05, 4.69) is 87.5 Å². The molecule has 0 unspecified atom stereocenters. The lowest BCUT2D eigenvalue weighted by atomic mass is 10.1. The average Bonchev–Trinajstić information content (AvgIpc) is 3.81. The lowest BCUT2D eigenvalue weighted by molar-refractivity contribution is -0.684. The summed E-state index contributed by atoms with van der Waals surface area (Å²) in [6.45, 7) is 11.4. The minimum Gasteiger partial charge on any atom is -0.372 e. The molecule has 0 radical (unpaired) electrons. The highest BCUT2D eigenvalue weighted by Gasteiger charge is 2.34. The zero-order valence-electron chi connectivity index (χ0n) is 29.8. The molecule has 3 aromatic carbocycles. The number of unbranched alkanes of at least 4 members (excludes halogenated alkanes) is 4. The molecule has 0 aliphatic carbocycles. The van der Waals surface area contributed by atoms with Crippen LogP contribution in [0.15, 0.2) is 95.4 Å². The number of carbonyl (C=O) groups is 2. The van der Waals surface area contributed by atoms with Crippen LogP contribution < -0.4 is 9.47 Å². The zero-order valence-corrected chi connectivity index (χ0v) is 29.8. The number of carbonyl (C=O) groups excluding carboxylic acids is 2. The zero-order chi connectivity index (χ0) is 34.7. The van der Waals surface area contributed by atoms with E-state index in [9.17, 15) is 9.59 Å². The molecular formula is C41H52N7O2+. The van der Waals surface area contributed by atoms with Crippen molar-refractivity contribution in [3.63, 3.8) is 0 Å². The Labute approximate surface area is 297 Å². The van der Waals surface area contributed by atoms with Crippen LogP contribution in [0.2, 0.25) is 0 Å². The number of hydrogen-bond donors (Lipinski definition) is 0. The molecule has 4 aromatic rings. The number of imidazole rings is 1. The van der Waals surface area contributed by atoms with Gasteiger partial charge < -0.3 is 4.90 Å². The van der Waals surface area contributed by atoms with Gasteiger partial charge in [0.05, 0.1) is 36.6 Å². The predicted octanol–water partition coefficient (Wildman–Crippen LogP) is 8.47. The van der Waals surface area contributed by atoms with Crippen molar-refractivity contribution in [2.75, 3.05) is 31.1 Å². The van der Waals surface area contributed by atoms with Crippen LogP contribution in [0.3, 0.4) is 0 Å². The molecule has 0 saturated heterocycles. The van der Waals surface area contributed by atoms with Gasteiger partial charge in [-0.05, 0) is 73.2 Å². The number of rotatable bonds is 19. The molecule has 9 nitrogen and oxygen atoms in total. The van der Waals surface area contributed by atoms with Crippen molar-refractivity contribution in [3.8, 4) is 0 Å². The van der Waals surface area contributed by atoms with E-state index in [1.807, 2.05) is 6.20 Å². The summed E-state index contributed by atoms with van der Waals surface area (Å²) in [5, 5.41) is 9.51. The van der Waals surface area contributed by atoms with Crippen LogP contribution in [0.1, 0.15) is 97.1 Å². The molecular weight excluding hydrogens is 622 g/mol. The van der Waals surface area contributed by atoms with Crippen LogP contribution in [0.5, 0.6) is 0 Å². The first-order valence-corrected chi connectivity index (χ1v) is 18.7. The van der Waals surface area contributed by atoms with Crippen molar-refractivity contribution in [1.82, 2.24) is 14.4 Å². The van der Waals surface area contributed by atoms with E-state index in [1.54, 1.807) is 24.3 Å². The Balaban J connectivity index is 1.13. The van der Waals surface area contributed by atoms with Crippen molar-refractivity contribution in [2.24, 2.45) is 10.2 Å². The highest BCUT2D eigenvalue weighted by molar-refractivity contribution is 6.21. The third-order valence-corrected chi connectivity index (χ3v) is 9.91. The number of azo groups is 1. The monoisotopic (exact) mass is 674 g/mol. The molecule has 262 valence electrons. The maximum Gasteiger partial charge on any atom is 0.421 e. The summed E-state index contributed by atoms with van der Waals surface area (Å²) in [4.78, 5) is 32.2. The second kappa shape index (κ2) is 17.3. The van der Waals surface area contributed by atoms with Gasteiger partial charge in [0.15, 0.2) is 0 Å². The van der Waals surface area contributed by atoms with Crippen LogP contribution >= 0.6 is 0 Å². The molecule has 0 atom stereocenters. The molecule has 9 heteroatoms. The number of hydrogen-bond acceptors (Lipinski definition) is 6. The number of benzene rings is 3. The van der Waals surface area contributed by atoms with Crippen LogP contribution in [0.4, 0.5) is 17.3 Å². The van der Waals surface area contributed by atoms with Crippen LogP contribution in [-0.4, -0.2) is 52.4 Å². The van der Waals surface area contributed by atoms with Crippen molar-refractivity contribution in [2.45, 2.75) is 91.4 Å². The SMILES string of the molecule is CCCCCN(CCCCC)c1ccc(N=Nc2n(CCCN3Cc4ccccc4C3)cc[n+]2CCCN2C(=O)c3ccccc3C2=O)cc1. The molecule has 2 aliphatic rings. The van der Waals surface area contributed by atoms with E-state index in [-0.39, 0.29) is 11.8 Å². The van der Waals surface area contributed by atoms with Gasteiger partial charge in [-0.2, -0.15) is 0 Å². The summed E-state index contributed by atoms with van der Waals surface area (Å²) in [6.07, 6.45) is 13.1. The van der Waals surface area contributed by atoms with Crippen LogP contribution in [0.25, 0.3) is 0 Å². The number of amides is 2. The lowest BCUT2D eigenvalue weighted by Gasteiger charge is -2.25. The quantitative estimate of drug-likeness (QED) is 0.0433. The Hall–Kier alpha value is -4.63. The highest BCUT2D eigenvalue weighted by Crippen LogP contribution is 2.25. The van der Waals surface area contributed by atoms with E-state index in [0.29, 0.717) is 30.6 Å². The molecule has 2 amide bonds. The molecule has 0 bridgehead atoms. The van der Waals surface area contributed by atoms with Crippen molar-refractivity contribution in [3.05, 3.63) is 107 Å². The van der Waals surface area contributed by atoms with Crippen LogP contribution in [-0.2, 0) is 26.2 Å². The first kappa shape index (κ1) is 35.2. The molecule has 0 spiro atoms. The largest absolute Gasteiger partial charge is 0.421 e. The Morgan fingerprint density at radius 2 is 1.30 bits per heavy atom. The number of anilines is 1. The van der Waals surface area contributed by atoms with E-state index in [1.165, 1.54) is 60.2 Å². The molecule has 0 saturated carbocycles. The van der Waals surface area contributed by atoms with Gasteiger partial charge in [-0.3, -0.25) is 19.4 Å². The number of aromatic nitrogens is 2. The predicted molar refractivity (Wildman–Crippen MR) is 198 cm³/mol. The topological polar surface area (TPSA) is 77.4 Å². The molecule has 50 heavy (non-hydrogen) atoms. The first-order chi connectivity index (χ1) is 24.6.